The van der Waals surface area contributed by atoms with Gasteiger partial charge in [0.15, 0.2) is 4.77 Å². The lowest BCUT2D eigenvalue weighted by atomic mass is 10.1. The Morgan fingerprint density at radius 1 is 1.24 bits per heavy atom. The quantitative estimate of drug-likeness (QED) is 0.618. The monoisotopic (exact) mass is 391 g/mol. The van der Waals surface area contributed by atoms with E-state index in [-0.39, 0.29) is 0 Å². The Bertz CT molecular complexity index is 982. The minimum Gasteiger partial charge on any atom is -0.460 e. The van der Waals surface area contributed by atoms with Crippen LogP contribution in [0.15, 0.2) is 40.9 Å². The molecule has 3 heterocycles. The number of fused-ring (bicyclic) bond motifs is 1. The second-order valence-corrected chi connectivity index (χ2v) is 7.27. The van der Waals surface area contributed by atoms with E-state index in [9.17, 15) is 0 Å². The standard InChI is InChI=1S/C18H15Cl2N3OS/c19-12-1-3-15(20)14(7-12)17-4-2-13(24-17)10-23-6-5-16-11(9-23)8-21-18(25)22-16/h1-4,7-8H,5-6,9-10H2,(H,21,22,25). The fourth-order valence-corrected chi connectivity index (χ4v) is 3.61. The van der Waals surface area contributed by atoms with Crippen LogP contribution in [0.1, 0.15) is 17.0 Å². The third-order valence-electron chi connectivity index (χ3n) is 4.29. The fraction of sp³-hybridized carbons (Fsp3) is 0.222. The summed E-state index contributed by atoms with van der Waals surface area (Å²) in [5, 5.41) is 1.26. The van der Waals surface area contributed by atoms with Crippen molar-refractivity contribution < 1.29 is 4.42 Å². The molecule has 1 aromatic carbocycles. The lowest BCUT2D eigenvalue weighted by Gasteiger charge is -2.27. The van der Waals surface area contributed by atoms with Crippen LogP contribution in [-0.2, 0) is 19.5 Å². The number of benzene rings is 1. The van der Waals surface area contributed by atoms with Crippen LogP contribution in [0.3, 0.4) is 0 Å². The first-order valence-corrected chi connectivity index (χ1v) is 9.08. The molecule has 1 aliphatic heterocycles. The highest BCUT2D eigenvalue weighted by molar-refractivity contribution is 7.71. The van der Waals surface area contributed by atoms with Crippen molar-refractivity contribution in [3.05, 3.63) is 68.4 Å². The Morgan fingerprint density at radius 2 is 2.12 bits per heavy atom. The first kappa shape index (κ1) is 16.8. The van der Waals surface area contributed by atoms with Crippen molar-refractivity contribution in [3.63, 3.8) is 0 Å². The van der Waals surface area contributed by atoms with E-state index in [4.69, 9.17) is 39.8 Å². The second-order valence-electron chi connectivity index (χ2n) is 6.04. The zero-order chi connectivity index (χ0) is 17.4. The van der Waals surface area contributed by atoms with Crippen molar-refractivity contribution in [2.24, 2.45) is 0 Å². The Labute approximate surface area is 160 Å². The predicted molar refractivity (Wildman–Crippen MR) is 101 cm³/mol. The summed E-state index contributed by atoms with van der Waals surface area (Å²) in [6.45, 7) is 2.49. The van der Waals surface area contributed by atoms with E-state index in [1.54, 1.807) is 12.1 Å². The topological polar surface area (TPSA) is 45.1 Å². The maximum atomic E-state index is 6.25. The maximum Gasteiger partial charge on any atom is 0.196 e. The van der Waals surface area contributed by atoms with Crippen LogP contribution in [-0.4, -0.2) is 21.4 Å². The van der Waals surface area contributed by atoms with E-state index in [1.807, 2.05) is 24.4 Å². The molecule has 128 valence electrons. The normalized spacial score (nSPS) is 14.5. The summed E-state index contributed by atoms with van der Waals surface area (Å²) >= 11 is 17.4. The SMILES string of the molecule is S=c1ncc2c([nH]1)CCN(Cc1ccc(-c3cc(Cl)ccc3Cl)o1)C2. The molecule has 25 heavy (non-hydrogen) atoms. The molecule has 0 aliphatic carbocycles. The van der Waals surface area contributed by atoms with Crippen molar-refractivity contribution in [2.75, 3.05) is 6.54 Å². The molecule has 0 spiro atoms. The lowest BCUT2D eigenvalue weighted by Crippen LogP contribution is -2.30. The third-order valence-corrected chi connectivity index (χ3v) is 5.06. The van der Waals surface area contributed by atoms with E-state index < -0.39 is 0 Å². The number of furan rings is 1. The maximum absolute atomic E-state index is 6.25. The lowest BCUT2D eigenvalue weighted by molar-refractivity contribution is 0.224. The molecular formula is C18H15Cl2N3OS. The smallest absolute Gasteiger partial charge is 0.196 e. The van der Waals surface area contributed by atoms with Gasteiger partial charge in [-0.25, -0.2) is 4.98 Å². The second kappa shape index (κ2) is 6.92. The zero-order valence-corrected chi connectivity index (χ0v) is 15.6. The molecule has 4 nitrogen and oxygen atoms in total. The first-order valence-electron chi connectivity index (χ1n) is 7.92. The molecule has 2 aromatic heterocycles. The minimum absolute atomic E-state index is 0.543. The summed E-state index contributed by atoms with van der Waals surface area (Å²) in [7, 11) is 0. The van der Waals surface area contributed by atoms with E-state index in [2.05, 4.69) is 14.9 Å². The number of H-pyrrole nitrogens is 1. The number of aromatic nitrogens is 2. The number of hydrogen-bond donors (Lipinski definition) is 1. The largest absolute Gasteiger partial charge is 0.460 e. The Kier molecular flexibility index (Phi) is 4.65. The Hall–Kier alpha value is -1.66. The molecule has 4 rings (SSSR count). The van der Waals surface area contributed by atoms with Gasteiger partial charge in [-0.05, 0) is 42.5 Å². The zero-order valence-electron chi connectivity index (χ0n) is 13.3. The van der Waals surface area contributed by atoms with Crippen molar-refractivity contribution >= 4 is 35.4 Å². The van der Waals surface area contributed by atoms with Gasteiger partial charge in [0, 0.05) is 47.6 Å². The van der Waals surface area contributed by atoms with Gasteiger partial charge in [-0.1, -0.05) is 23.2 Å². The molecule has 0 fully saturated rings. The van der Waals surface area contributed by atoms with Gasteiger partial charge in [0.1, 0.15) is 11.5 Å². The van der Waals surface area contributed by atoms with Gasteiger partial charge in [-0.2, -0.15) is 0 Å². The number of aromatic amines is 1. The van der Waals surface area contributed by atoms with Crippen molar-refractivity contribution in [3.8, 4) is 11.3 Å². The van der Waals surface area contributed by atoms with Crippen molar-refractivity contribution in [2.45, 2.75) is 19.5 Å². The highest BCUT2D eigenvalue weighted by Gasteiger charge is 2.19. The van der Waals surface area contributed by atoms with Crippen LogP contribution in [0.2, 0.25) is 10.0 Å². The molecule has 0 saturated carbocycles. The van der Waals surface area contributed by atoms with Gasteiger partial charge in [0.2, 0.25) is 0 Å². The minimum atomic E-state index is 0.543. The summed E-state index contributed by atoms with van der Waals surface area (Å²) in [4.78, 5) is 9.68. The predicted octanol–water partition coefficient (Wildman–Crippen LogP) is 5.26. The Balaban J connectivity index is 1.51. The van der Waals surface area contributed by atoms with Gasteiger partial charge >= 0.3 is 0 Å². The van der Waals surface area contributed by atoms with Crippen LogP contribution in [0.25, 0.3) is 11.3 Å². The number of nitrogens with one attached hydrogen (secondary N) is 1. The summed E-state index contributed by atoms with van der Waals surface area (Å²) in [5.41, 5.74) is 3.17. The molecule has 3 aromatic rings. The van der Waals surface area contributed by atoms with Gasteiger partial charge in [0.05, 0.1) is 11.6 Å². The summed E-state index contributed by atoms with van der Waals surface area (Å²) in [6.07, 6.45) is 2.79. The van der Waals surface area contributed by atoms with E-state index in [1.165, 1.54) is 11.3 Å². The first-order chi connectivity index (χ1) is 12.1. The summed E-state index contributed by atoms with van der Waals surface area (Å²) in [5.74, 6) is 1.62. The molecule has 0 unspecified atom stereocenters. The average molecular weight is 392 g/mol. The van der Waals surface area contributed by atoms with Crippen LogP contribution in [0.4, 0.5) is 0 Å². The molecular weight excluding hydrogens is 377 g/mol. The Morgan fingerprint density at radius 3 is 3.00 bits per heavy atom. The number of halogens is 2. The van der Waals surface area contributed by atoms with Crippen LogP contribution in [0, 0.1) is 4.77 Å². The van der Waals surface area contributed by atoms with Gasteiger partial charge in [-0.15, -0.1) is 0 Å². The average Bonchev–Trinajstić information content (AvgIpc) is 3.05. The molecule has 0 amide bonds. The van der Waals surface area contributed by atoms with Crippen LogP contribution in [0.5, 0.6) is 0 Å². The van der Waals surface area contributed by atoms with Gasteiger partial charge in [0.25, 0.3) is 0 Å². The van der Waals surface area contributed by atoms with E-state index in [0.29, 0.717) is 14.8 Å². The van der Waals surface area contributed by atoms with Crippen molar-refractivity contribution in [1.82, 2.24) is 14.9 Å². The van der Waals surface area contributed by atoms with Crippen LogP contribution < -0.4 is 0 Å². The van der Waals surface area contributed by atoms with E-state index in [0.717, 1.165) is 43.1 Å². The third kappa shape index (κ3) is 3.65. The molecule has 0 saturated heterocycles. The molecule has 1 aliphatic rings. The van der Waals surface area contributed by atoms with Gasteiger partial charge in [-0.3, -0.25) is 4.90 Å². The molecule has 0 radical (unpaired) electrons. The van der Waals surface area contributed by atoms with Crippen LogP contribution >= 0.6 is 35.4 Å². The van der Waals surface area contributed by atoms with Crippen molar-refractivity contribution in [1.29, 1.82) is 0 Å². The number of nitrogens with zero attached hydrogens (tertiary/aromatic N) is 2. The summed E-state index contributed by atoms with van der Waals surface area (Å²) < 4.78 is 6.53. The highest BCUT2D eigenvalue weighted by atomic mass is 35.5. The fourth-order valence-electron chi connectivity index (χ4n) is 3.05. The number of hydrogen-bond acceptors (Lipinski definition) is 4. The molecule has 7 heteroatoms. The highest BCUT2D eigenvalue weighted by Crippen LogP contribution is 2.32. The molecule has 0 bridgehead atoms. The molecule has 0 atom stereocenters. The summed E-state index contributed by atoms with van der Waals surface area (Å²) in [6, 6.07) is 9.28. The number of rotatable bonds is 3. The van der Waals surface area contributed by atoms with E-state index >= 15 is 0 Å². The molecule has 1 N–H and O–H groups in total. The van der Waals surface area contributed by atoms with Gasteiger partial charge < -0.3 is 9.40 Å².